The van der Waals surface area contributed by atoms with Gasteiger partial charge in [-0.2, -0.15) is 0 Å². The van der Waals surface area contributed by atoms with Gasteiger partial charge in [-0.1, -0.05) is 34.8 Å². The minimum Gasteiger partial charge on any atom is -0.351 e. The van der Waals surface area contributed by atoms with E-state index in [9.17, 15) is 4.79 Å². The van der Waals surface area contributed by atoms with Gasteiger partial charge in [-0.05, 0) is 18.8 Å². The molecule has 0 aromatic carbocycles. The number of amides is 1. The first-order chi connectivity index (χ1) is 7.09. The van der Waals surface area contributed by atoms with Gasteiger partial charge in [0.2, 0.25) is 0 Å². The fourth-order valence-corrected chi connectivity index (χ4v) is 2.87. The van der Waals surface area contributed by atoms with E-state index in [1.54, 1.807) is 0 Å². The molecule has 1 heterocycles. The van der Waals surface area contributed by atoms with Crippen LogP contribution in [0.1, 0.15) is 22.5 Å². The molecule has 0 saturated heterocycles. The first-order valence-electron chi connectivity index (χ1n) is 4.51. The average Bonchev–Trinajstić information content (AvgIpc) is 2.99. The Kier molecular flexibility index (Phi) is 3.45. The zero-order valence-electron chi connectivity index (χ0n) is 7.65. The van der Waals surface area contributed by atoms with E-state index in [0.717, 1.165) is 11.3 Å². The molecule has 2 rings (SSSR count). The lowest BCUT2D eigenvalue weighted by Gasteiger charge is -2.01. The highest BCUT2D eigenvalue weighted by atomic mass is 35.5. The predicted octanol–water partition coefficient (Wildman–Crippen LogP) is 3.85. The van der Waals surface area contributed by atoms with Crippen LogP contribution in [0, 0.1) is 5.92 Å². The second-order valence-electron chi connectivity index (χ2n) is 3.49. The van der Waals surface area contributed by atoms with Gasteiger partial charge >= 0.3 is 0 Å². The van der Waals surface area contributed by atoms with Gasteiger partial charge in [-0.15, -0.1) is 11.3 Å². The molecule has 1 aromatic rings. The van der Waals surface area contributed by atoms with Crippen molar-refractivity contribution in [3.8, 4) is 0 Å². The van der Waals surface area contributed by atoms with Gasteiger partial charge in [0.25, 0.3) is 5.91 Å². The Labute approximate surface area is 107 Å². The number of halogens is 3. The van der Waals surface area contributed by atoms with E-state index in [4.69, 9.17) is 34.8 Å². The Bertz CT molecular complexity index is 400. The van der Waals surface area contributed by atoms with E-state index in [1.807, 2.05) is 0 Å². The van der Waals surface area contributed by atoms with Crippen LogP contribution in [0.5, 0.6) is 0 Å². The van der Waals surface area contributed by atoms with Crippen molar-refractivity contribution in [2.24, 2.45) is 5.92 Å². The summed E-state index contributed by atoms with van der Waals surface area (Å²) < 4.78 is 0.359. The maximum atomic E-state index is 11.7. The molecule has 1 aliphatic rings. The van der Waals surface area contributed by atoms with Crippen LogP contribution in [0.3, 0.4) is 0 Å². The Morgan fingerprint density at radius 2 is 2.00 bits per heavy atom. The Hall–Kier alpha value is 0.0400. The molecule has 1 aliphatic carbocycles. The summed E-state index contributed by atoms with van der Waals surface area (Å²) in [4.78, 5) is 12.1. The predicted molar refractivity (Wildman–Crippen MR) is 64.4 cm³/mol. The molecule has 0 bridgehead atoms. The van der Waals surface area contributed by atoms with Gasteiger partial charge in [-0.25, -0.2) is 0 Å². The monoisotopic (exact) mass is 283 g/mol. The number of thiophene rings is 1. The van der Waals surface area contributed by atoms with Crippen molar-refractivity contribution in [2.45, 2.75) is 12.8 Å². The van der Waals surface area contributed by atoms with Crippen molar-refractivity contribution in [1.82, 2.24) is 5.32 Å². The quantitative estimate of drug-likeness (QED) is 0.897. The molecule has 1 amide bonds. The van der Waals surface area contributed by atoms with E-state index < -0.39 is 0 Å². The number of carbonyl (C=O) groups is 1. The van der Waals surface area contributed by atoms with Crippen LogP contribution in [0.4, 0.5) is 0 Å². The highest BCUT2D eigenvalue weighted by molar-refractivity contribution is 7.19. The molecule has 0 spiro atoms. The van der Waals surface area contributed by atoms with Crippen LogP contribution in [-0.2, 0) is 0 Å². The summed E-state index contributed by atoms with van der Waals surface area (Å²) in [6.07, 6.45) is 2.39. The second-order valence-corrected chi connectivity index (χ2v) is 5.86. The highest BCUT2D eigenvalue weighted by Crippen LogP contribution is 2.40. The van der Waals surface area contributed by atoms with Gasteiger partial charge < -0.3 is 5.32 Å². The summed E-state index contributed by atoms with van der Waals surface area (Å²) in [6.45, 7) is 0.711. The average molecular weight is 285 g/mol. The fraction of sp³-hybridized carbons (Fsp3) is 0.444. The van der Waals surface area contributed by atoms with Crippen molar-refractivity contribution in [1.29, 1.82) is 0 Å². The molecule has 1 aromatic heterocycles. The number of hydrogen-bond acceptors (Lipinski definition) is 2. The van der Waals surface area contributed by atoms with Crippen LogP contribution < -0.4 is 5.32 Å². The molecule has 2 nitrogen and oxygen atoms in total. The van der Waals surface area contributed by atoms with Gasteiger partial charge in [-0.3, -0.25) is 4.79 Å². The Morgan fingerprint density at radius 1 is 1.33 bits per heavy atom. The van der Waals surface area contributed by atoms with Crippen LogP contribution >= 0.6 is 46.1 Å². The van der Waals surface area contributed by atoms with E-state index in [1.165, 1.54) is 12.8 Å². The fourth-order valence-electron chi connectivity index (χ4n) is 1.15. The van der Waals surface area contributed by atoms with Crippen LogP contribution in [-0.4, -0.2) is 12.5 Å². The van der Waals surface area contributed by atoms with E-state index in [0.29, 0.717) is 21.7 Å². The van der Waals surface area contributed by atoms with Crippen molar-refractivity contribution < 1.29 is 4.79 Å². The first kappa shape index (κ1) is 11.5. The molecular formula is C9H8Cl3NOS. The maximum Gasteiger partial charge on any atom is 0.263 e. The lowest BCUT2D eigenvalue weighted by Crippen LogP contribution is -2.24. The van der Waals surface area contributed by atoms with Crippen LogP contribution in [0.2, 0.25) is 14.4 Å². The van der Waals surface area contributed by atoms with E-state index in [-0.39, 0.29) is 16.0 Å². The normalized spacial score (nSPS) is 15.4. The molecule has 1 fully saturated rings. The first-order valence-corrected chi connectivity index (χ1v) is 6.46. The molecule has 82 valence electrons. The van der Waals surface area contributed by atoms with Gasteiger partial charge in [0, 0.05) is 6.54 Å². The Morgan fingerprint density at radius 3 is 2.47 bits per heavy atom. The zero-order valence-corrected chi connectivity index (χ0v) is 10.7. The largest absolute Gasteiger partial charge is 0.351 e. The van der Waals surface area contributed by atoms with E-state index >= 15 is 0 Å². The molecule has 15 heavy (non-hydrogen) atoms. The lowest BCUT2D eigenvalue weighted by molar-refractivity contribution is 0.0956. The van der Waals surface area contributed by atoms with Gasteiger partial charge in [0.15, 0.2) is 0 Å². The van der Waals surface area contributed by atoms with Gasteiger partial charge in [0.1, 0.15) is 9.21 Å². The third-order valence-electron chi connectivity index (χ3n) is 2.21. The molecule has 0 aliphatic heterocycles. The molecule has 0 atom stereocenters. The minimum atomic E-state index is -0.189. The van der Waals surface area contributed by atoms with Gasteiger partial charge in [0.05, 0.1) is 10.0 Å². The van der Waals surface area contributed by atoms with Crippen molar-refractivity contribution in [3.05, 3.63) is 19.3 Å². The molecule has 1 N–H and O–H groups in total. The number of nitrogens with one attached hydrogen (secondary N) is 1. The van der Waals surface area contributed by atoms with Crippen molar-refractivity contribution in [2.75, 3.05) is 6.54 Å². The zero-order chi connectivity index (χ0) is 11.0. The standard InChI is InChI=1S/C9H8Cl3NOS/c10-5-6(11)8(12)15-7(5)9(14)13-3-4-1-2-4/h4H,1-3H2,(H,13,14). The second kappa shape index (κ2) is 4.50. The summed E-state index contributed by atoms with van der Waals surface area (Å²) >= 11 is 18.5. The lowest BCUT2D eigenvalue weighted by atomic mass is 10.4. The van der Waals surface area contributed by atoms with Crippen molar-refractivity contribution in [3.63, 3.8) is 0 Å². The van der Waals surface area contributed by atoms with Crippen LogP contribution in [0.25, 0.3) is 0 Å². The summed E-state index contributed by atoms with van der Waals surface area (Å²) in [5, 5.41) is 3.33. The van der Waals surface area contributed by atoms with Crippen molar-refractivity contribution >= 4 is 52.0 Å². The Balaban J connectivity index is 2.06. The highest BCUT2D eigenvalue weighted by Gasteiger charge is 2.24. The number of rotatable bonds is 3. The minimum absolute atomic E-state index is 0.189. The summed E-state index contributed by atoms with van der Waals surface area (Å²) in [7, 11) is 0. The topological polar surface area (TPSA) is 29.1 Å². The smallest absolute Gasteiger partial charge is 0.263 e. The third kappa shape index (κ3) is 2.59. The number of carbonyl (C=O) groups excluding carboxylic acids is 1. The molecule has 6 heteroatoms. The molecule has 0 radical (unpaired) electrons. The summed E-state index contributed by atoms with van der Waals surface area (Å²) in [6, 6.07) is 0. The SMILES string of the molecule is O=C(NCC1CC1)c1sc(Cl)c(Cl)c1Cl. The van der Waals surface area contributed by atoms with Crippen LogP contribution in [0.15, 0.2) is 0 Å². The maximum absolute atomic E-state index is 11.7. The summed E-state index contributed by atoms with van der Waals surface area (Å²) in [5.41, 5.74) is 0. The van der Waals surface area contributed by atoms with E-state index in [2.05, 4.69) is 5.32 Å². The third-order valence-corrected chi connectivity index (χ3v) is 4.78. The molecular weight excluding hydrogens is 277 g/mol. The molecule has 1 saturated carbocycles. The molecule has 0 unspecified atom stereocenters. The summed E-state index contributed by atoms with van der Waals surface area (Å²) in [5.74, 6) is 0.448. The number of hydrogen-bond donors (Lipinski definition) is 1.